The van der Waals surface area contributed by atoms with Crippen molar-refractivity contribution in [1.82, 2.24) is 0 Å². The van der Waals surface area contributed by atoms with Crippen molar-refractivity contribution in [3.63, 3.8) is 0 Å². The maximum absolute atomic E-state index is 11.0. The Hall–Kier alpha value is -1.42. The molecular formula is C10H10ClNO3. The molecule has 1 amide bonds. The quantitative estimate of drug-likeness (QED) is 0.547. The zero-order chi connectivity index (χ0) is 11.0. The van der Waals surface area contributed by atoms with Gasteiger partial charge in [0.25, 0.3) is 0 Å². The summed E-state index contributed by atoms with van der Waals surface area (Å²) in [7, 11) is 1.61. The summed E-state index contributed by atoms with van der Waals surface area (Å²) in [5.41, 5.74) is 1.63. The molecule has 0 aliphatic carbocycles. The van der Waals surface area contributed by atoms with E-state index in [1.165, 1.54) is 4.90 Å². The number of halogens is 1. The Kier molecular flexibility index (Phi) is 2.44. The number of hydrogen-bond acceptors (Lipinski definition) is 3. The lowest BCUT2D eigenvalue weighted by Crippen LogP contribution is -2.20. The van der Waals surface area contributed by atoms with Crippen LogP contribution >= 0.6 is 11.6 Å². The van der Waals surface area contributed by atoms with Crippen LogP contribution in [0.15, 0.2) is 12.1 Å². The molecule has 0 unspecified atom stereocenters. The number of fused-ring (bicyclic) bond motifs is 1. The van der Waals surface area contributed by atoms with E-state index in [1.54, 1.807) is 13.1 Å². The molecule has 0 spiro atoms. The molecular weight excluding hydrogens is 218 g/mol. The topological polar surface area (TPSA) is 38.8 Å². The maximum atomic E-state index is 11.0. The molecule has 0 aromatic heterocycles. The van der Waals surface area contributed by atoms with Crippen LogP contribution in [-0.2, 0) is 0 Å². The fourth-order valence-corrected chi connectivity index (χ4v) is 1.58. The molecule has 0 atom stereocenters. The third-order valence-electron chi connectivity index (χ3n) is 2.32. The maximum Gasteiger partial charge on any atom is 0.320 e. The summed E-state index contributed by atoms with van der Waals surface area (Å²) in [4.78, 5) is 12.4. The number of benzene rings is 1. The van der Waals surface area contributed by atoms with Gasteiger partial charge in [-0.15, -0.1) is 0 Å². The van der Waals surface area contributed by atoms with Gasteiger partial charge in [0.2, 0.25) is 6.79 Å². The van der Waals surface area contributed by atoms with E-state index in [0.717, 1.165) is 11.3 Å². The molecule has 0 saturated carbocycles. The van der Waals surface area contributed by atoms with Crippen molar-refractivity contribution in [2.45, 2.75) is 6.92 Å². The van der Waals surface area contributed by atoms with Crippen LogP contribution in [0.2, 0.25) is 0 Å². The van der Waals surface area contributed by atoms with Crippen LogP contribution < -0.4 is 14.4 Å². The number of carbonyl (C=O) groups excluding carboxylic acids is 1. The van der Waals surface area contributed by atoms with Gasteiger partial charge in [0.05, 0.1) is 5.69 Å². The molecule has 2 rings (SSSR count). The van der Waals surface area contributed by atoms with Gasteiger partial charge in [-0.05, 0) is 30.2 Å². The first-order valence-electron chi connectivity index (χ1n) is 4.43. The average molecular weight is 228 g/mol. The van der Waals surface area contributed by atoms with Gasteiger partial charge in [0.1, 0.15) is 0 Å². The van der Waals surface area contributed by atoms with E-state index in [0.29, 0.717) is 11.5 Å². The first-order chi connectivity index (χ1) is 7.09. The van der Waals surface area contributed by atoms with E-state index in [-0.39, 0.29) is 6.79 Å². The summed E-state index contributed by atoms with van der Waals surface area (Å²) in [6.45, 7) is 2.10. The number of anilines is 1. The van der Waals surface area contributed by atoms with Crippen molar-refractivity contribution < 1.29 is 14.3 Å². The highest BCUT2D eigenvalue weighted by Gasteiger charge is 2.19. The van der Waals surface area contributed by atoms with Gasteiger partial charge >= 0.3 is 5.37 Å². The average Bonchev–Trinajstić information content (AvgIpc) is 2.62. The monoisotopic (exact) mass is 227 g/mol. The van der Waals surface area contributed by atoms with Gasteiger partial charge in [-0.25, -0.2) is 0 Å². The lowest BCUT2D eigenvalue weighted by molar-refractivity contribution is 0.174. The standard InChI is InChI=1S/C10H10ClNO3/c1-6-3-8-9(15-5-14-8)4-7(6)12(2)10(11)13/h3-4H,5H2,1-2H3. The molecule has 0 bridgehead atoms. The minimum atomic E-state index is -0.531. The summed E-state index contributed by atoms with van der Waals surface area (Å²) in [6.07, 6.45) is 0. The molecule has 5 heteroatoms. The first-order valence-corrected chi connectivity index (χ1v) is 4.81. The molecule has 1 aliphatic rings. The first kappa shape index (κ1) is 10.1. The van der Waals surface area contributed by atoms with E-state index in [1.807, 2.05) is 13.0 Å². The third kappa shape index (κ3) is 1.72. The van der Waals surface area contributed by atoms with Crippen LogP contribution in [0.4, 0.5) is 10.5 Å². The second kappa shape index (κ2) is 3.62. The van der Waals surface area contributed by atoms with E-state index < -0.39 is 5.37 Å². The largest absolute Gasteiger partial charge is 0.454 e. The highest BCUT2D eigenvalue weighted by Crippen LogP contribution is 2.37. The van der Waals surface area contributed by atoms with Crippen LogP contribution in [0, 0.1) is 6.92 Å². The van der Waals surface area contributed by atoms with Crippen molar-refractivity contribution in [2.24, 2.45) is 0 Å². The highest BCUT2D eigenvalue weighted by molar-refractivity contribution is 6.66. The van der Waals surface area contributed by atoms with Gasteiger partial charge in [-0.2, -0.15) is 0 Å². The predicted octanol–water partition coefficient (Wildman–Crippen LogP) is 2.52. The van der Waals surface area contributed by atoms with Gasteiger partial charge in [0, 0.05) is 13.1 Å². The lowest BCUT2D eigenvalue weighted by atomic mass is 10.1. The Morgan fingerprint density at radius 2 is 2.00 bits per heavy atom. The minimum absolute atomic E-state index is 0.219. The van der Waals surface area contributed by atoms with Gasteiger partial charge < -0.3 is 14.4 Å². The molecule has 80 valence electrons. The van der Waals surface area contributed by atoms with Crippen LogP contribution in [-0.4, -0.2) is 19.2 Å². The summed E-state index contributed by atoms with van der Waals surface area (Å²) in [6, 6.07) is 3.58. The van der Waals surface area contributed by atoms with E-state index in [9.17, 15) is 4.79 Å². The Bertz CT molecular complexity index is 419. The molecule has 1 heterocycles. The normalized spacial score (nSPS) is 12.7. The third-order valence-corrected chi connectivity index (χ3v) is 2.57. The van der Waals surface area contributed by atoms with Crippen molar-refractivity contribution in [1.29, 1.82) is 0 Å². The highest BCUT2D eigenvalue weighted by atomic mass is 35.5. The summed E-state index contributed by atoms with van der Waals surface area (Å²) < 4.78 is 10.4. The summed E-state index contributed by atoms with van der Waals surface area (Å²) in [5, 5.41) is -0.531. The zero-order valence-electron chi connectivity index (χ0n) is 8.41. The van der Waals surface area contributed by atoms with Crippen molar-refractivity contribution in [3.8, 4) is 11.5 Å². The smallest absolute Gasteiger partial charge is 0.320 e. The molecule has 4 nitrogen and oxygen atoms in total. The van der Waals surface area contributed by atoms with Crippen molar-refractivity contribution >= 4 is 22.7 Å². The molecule has 0 N–H and O–H groups in total. The Morgan fingerprint density at radius 1 is 1.40 bits per heavy atom. The van der Waals surface area contributed by atoms with E-state index >= 15 is 0 Å². The fourth-order valence-electron chi connectivity index (χ4n) is 1.49. The second-order valence-corrected chi connectivity index (χ2v) is 3.63. The minimum Gasteiger partial charge on any atom is -0.454 e. The van der Waals surface area contributed by atoms with E-state index in [2.05, 4.69) is 0 Å². The van der Waals surface area contributed by atoms with E-state index in [4.69, 9.17) is 21.1 Å². The van der Waals surface area contributed by atoms with Crippen molar-refractivity contribution in [3.05, 3.63) is 17.7 Å². The predicted molar refractivity (Wildman–Crippen MR) is 57.0 cm³/mol. The summed E-state index contributed by atoms with van der Waals surface area (Å²) in [5.74, 6) is 1.34. The van der Waals surface area contributed by atoms with Crippen LogP contribution in [0.1, 0.15) is 5.56 Å². The molecule has 1 aliphatic heterocycles. The molecule has 15 heavy (non-hydrogen) atoms. The number of amides is 1. The van der Waals surface area contributed by atoms with Gasteiger partial charge in [-0.3, -0.25) is 4.79 Å². The van der Waals surface area contributed by atoms with Gasteiger partial charge in [-0.1, -0.05) is 0 Å². The number of aryl methyl sites for hydroxylation is 1. The Morgan fingerprint density at radius 3 is 2.60 bits per heavy atom. The molecule has 0 fully saturated rings. The molecule has 0 saturated heterocycles. The lowest BCUT2D eigenvalue weighted by Gasteiger charge is -2.16. The number of hydrogen-bond donors (Lipinski definition) is 0. The Balaban J connectivity index is 2.44. The molecule has 0 radical (unpaired) electrons. The summed E-state index contributed by atoms with van der Waals surface area (Å²) >= 11 is 5.40. The SMILES string of the molecule is Cc1cc2c(cc1N(C)C(=O)Cl)OCO2. The van der Waals surface area contributed by atoms with Crippen LogP contribution in [0.5, 0.6) is 11.5 Å². The Labute approximate surface area is 92.3 Å². The fraction of sp³-hybridized carbons (Fsp3) is 0.300. The van der Waals surface area contributed by atoms with Crippen LogP contribution in [0.3, 0.4) is 0 Å². The zero-order valence-corrected chi connectivity index (χ0v) is 9.17. The van der Waals surface area contributed by atoms with Gasteiger partial charge in [0.15, 0.2) is 11.5 Å². The number of rotatable bonds is 1. The van der Waals surface area contributed by atoms with Crippen LogP contribution in [0.25, 0.3) is 0 Å². The molecule has 1 aromatic carbocycles. The molecule has 1 aromatic rings. The van der Waals surface area contributed by atoms with Crippen molar-refractivity contribution in [2.75, 3.05) is 18.7 Å². The number of nitrogens with zero attached hydrogens (tertiary/aromatic N) is 1. The number of ether oxygens (including phenoxy) is 2. The number of carbonyl (C=O) groups is 1. The second-order valence-electron chi connectivity index (χ2n) is 3.30.